The third-order valence-electron chi connectivity index (χ3n) is 3.87. The van der Waals surface area contributed by atoms with Gasteiger partial charge in [0.2, 0.25) is 0 Å². The van der Waals surface area contributed by atoms with Gasteiger partial charge in [0.25, 0.3) is 0 Å². The Morgan fingerprint density at radius 2 is 1.68 bits per heavy atom. The molecule has 150 valence electrons. The van der Waals surface area contributed by atoms with Crippen LogP contribution >= 0.6 is 0 Å². The van der Waals surface area contributed by atoms with Crippen molar-refractivity contribution in [1.29, 1.82) is 0 Å². The van der Waals surface area contributed by atoms with Gasteiger partial charge >= 0.3 is 5.97 Å². The molecular weight excluding hydrogens is 367 g/mol. The highest BCUT2D eigenvalue weighted by Gasteiger charge is 2.18. The van der Waals surface area contributed by atoms with Crippen molar-refractivity contribution in [2.75, 3.05) is 0 Å². The quantitative estimate of drug-likeness (QED) is 0.417. The van der Waals surface area contributed by atoms with Crippen molar-refractivity contribution in [3.05, 3.63) is 82.8 Å². The average Bonchev–Trinajstić information content (AvgIpc) is 2.58. The second-order valence-electron chi connectivity index (χ2n) is 7.51. The van der Waals surface area contributed by atoms with Gasteiger partial charge in [-0.3, -0.25) is 0 Å². The normalized spacial score (nSPS) is 13.2. The van der Waals surface area contributed by atoms with E-state index in [0.29, 0.717) is 11.8 Å². The van der Waals surface area contributed by atoms with E-state index in [4.69, 9.17) is 4.74 Å². The third-order valence-corrected chi connectivity index (χ3v) is 3.87. The monoisotopic (exact) mass is 391 g/mol. The number of allylic oxidation sites excluding steroid dienone is 1. The lowest BCUT2D eigenvalue weighted by atomic mass is 10.0. The zero-order valence-electron chi connectivity index (χ0n) is 16.4. The van der Waals surface area contributed by atoms with E-state index in [-0.39, 0.29) is 18.0 Å². The standard InChI is InChI=1S/C22H24F3NO2/c1-14(15-8-6-5-7-9-15)26-17(12-21(27)28-22(2,3)4)10-16-11-19(24)20(25)13-18(16)23/h5-9,11-14,26H,10H2,1-4H3/t14-/m1/s1. The van der Waals surface area contributed by atoms with E-state index in [9.17, 15) is 18.0 Å². The van der Waals surface area contributed by atoms with Crippen LogP contribution in [0.15, 0.2) is 54.2 Å². The summed E-state index contributed by atoms with van der Waals surface area (Å²) < 4.78 is 46.1. The molecule has 0 aliphatic rings. The molecule has 0 saturated carbocycles. The van der Waals surface area contributed by atoms with Crippen LogP contribution in [0.3, 0.4) is 0 Å². The molecule has 0 aliphatic carbocycles. The van der Waals surface area contributed by atoms with E-state index in [0.717, 1.165) is 11.6 Å². The predicted molar refractivity (Wildman–Crippen MR) is 102 cm³/mol. The van der Waals surface area contributed by atoms with E-state index in [1.807, 2.05) is 37.3 Å². The van der Waals surface area contributed by atoms with Gasteiger partial charge in [0.05, 0.1) is 0 Å². The van der Waals surface area contributed by atoms with Crippen LogP contribution in [0.2, 0.25) is 0 Å². The van der Waals surface area contributed by atoms with Gasteiger partial charge in [-0.25, -0.2) is 18.0 Å². The molecule has 2 aromatic rings. The summed E-state index contributed by atoms with van der Waals surface area (Å²) in [4.78, 5) is 12.2. The van der Waals surface area contributed by atoms with Gasteiger partial charge < -0.3 is 10.1 Å². The van der Waals surface area contributed by atoms with Gasteiger partial charge in [-0.1, -0.05) is 30.3 Å². The maximum atomic E-state index is 14.1. The van der Waals surface area contributed by atoms with Gasteiger partial charge in [0.15, 0.2) is 11.6 Å². The Morgan fingerprint density at radius 3 is 2.29 bits per heavy atom. The van der Waals surface area contributed by atoms with Crippen molar-refractivity contribution in [3.8, 4) is 0 Å². The SMILES string of the molecule is C[C@@H](NC(=CC(=O)OC(C)(C)C)Cc1cc(F)c(F)cc1F)c1ccccc1. The molecule has 0 unspecified atom stereocenters. The highest BCUT2D eigenvalue weighted by atomic mass is 19.2. The largest absolute Gasteiger partial charge is 0.457 e. The molecule has 0 spiro atoms. The highest BCUT2D eigenvalue weighted by Crippen LogP contribution is 2.20. The van der Waals surface area contributed by atoms with Crippen LogP contribution in [0.4, 0.5) is 13.2 Å². The molecular formula is C22H24F3NO2. The second kappa shape index (κ2) is 8.95. The minimum absolute atomic E-state index is 0.0681. The maximum Gasteiger partial charge on any atom is 0.333 e. The Balaban J connectivity index is 2.30. The Bertz CT molecular complexity index is 858. The number of esters is 1. The van der Waals surface area contributed by atoms with E-state index < -0.39 is 29.0 Å². The topological polar surface area (TPSA) is 38.3 Å². The minimum atomic E-state index is -1.26. The number of hydrogen-bond acceptors (Lipinski definition) is 3. The van der Waals surface area contributed by atoms with Crippen LogP contribution in [0.25, 0.3) is 0 Å². The van der Waals surface area contributed by atoms with Crippen molar-refractivity contribution < 1.29 is 22.7 Å². The number of nitrogens with one attached hydrogen (secondary N) is 1. The molecule has 0 amide bonds. The summed E-state index contributed by atoms with van der Waals surface area (Å²) in [7, 11) is 0. The van der Waals surface area contributed by atoms with Crippen molar-refractivity contribution in [2.45, 2.75) is 45.8 Å². The lowest BCUT2D eigenvalue weighted by Gasteiger charge is -2.21. The number of halogens is 3. The summed E-state index contributed by atoms with van der Waals surface area (Å²) in [5, 5.41) is 3.14. The molecule has 0 saturated heterocycles. The number of hydrogen-bond donors (Lipinski definition) is 1. The fourth-order valence-electron chi connectivity index (χ4n) is 2.62. The Labute approximate surface area is 163 Å². The zero-order chi connectivity index (χ0) is 20.9. The van der Waals surface area contributed by atoms with Gasteiger partial charge in [0.1, 0.15) is 11.4 Å². The Hall–Kier alpha value is -2.76. The number of carbonyl (C=O) groups is 1. The van der Waals surface area contributed by atoms with E-state index in [1.54, 1.807) is 20.8 Å². The summed E-state index contributed by atoms with van der Waals surface area (Å²) in [6.07, 6.45) is 1.09. The summed E-state index contributed by atoms with van der Waals surface area (Å²) in [5.74, 6) is -3.91. The average molecular weight is 391 g/mol. The van der Waals surface area contributed by atoms with Crippen LogP contribution in [-0.2, 0) is 16.0 Å². The summed E-state index contributed by atoms with van der Waals surface area (Å²) in [6.45, 7) is 7.06. The smallest absolute Gasteiger partial charge is 0.333 e. The minimum Gasteiger partial charge on any atom is -0.457 e. The predicted octanol–water partition coefficient (Wildman–Crippen LogP) is 5.22. The van der Waals surface area contributed by atoms with Crippen LogP contribution in [-0.4, -0.2) is 11.6 Å². The van der Waals surface area contributed by atoms with Crippen LogP contribution in [0.5, 0.6) is 0 Å². The van der Waals surface area contributed by atoms with Gasteiger partial charge in [-0.2, -0.15) is 0 Å². The van der Waals surface area contributed by atoms with E-state index in [1.165, 1.54) is 6.08 Å². The number of carbonyl (C=O) groups excluding carboxylic acids is 1. The molecule has 2 aromatic carbocycles. The van der Waals surface area contributed by atoms with E-state index >= 15 is 0 Å². The Kier molecular flexibility index (Phi) is 6.89. The molecule has 2 rings (SSSR count). The molecule has 0 fully saturated rings. The summed E-state index contributed by atoms with van der Waals surface area (Å²) in [6, 6.07) is 10.5. The van der Waals surface area contributed by atoms with Crippen LogP contribution < -0.4 is 5.32 Å². The molecule has 1 N–H and O–H groups in total. The lowest BCUT2D eigenvalue weighted by Crippen LogP contribution is -2.25. The first-order valence-corrected chi connectivity index (χ1v) is 8.93. The highest BCUT2D eigenvalue weighted by molar-refractivity contribution is 5.83. The zero-order valence-corrected chi connectivity index (χ0v) is 16.4. The molecule has 28 heavy (non-hydrogen) atoms. The number of benzene rings is 2. The fourth-order valence-corrected chi connectivity index (χ4v) is 2.62. The van der Waals surface area contributed by atoms with Crippen LogP contribution in [0, 0.1) is 17.5 Å². The molecule has 0 radical (unpaired) electrons. The van der Waals surface area contributed by atoms with Gasteiger partial charge in [0, 0.05) is 30.3 Å². The Morgan fingerprint density at radius 1 is 1.07 bits per heavy atom. The lowest BCUT2D eigenvalue weighted by molar-refractivity contribution is -0.148. The van der Waals surface area contributed by atoms with Crippen LogP contribution in [0.1, 0.15) is 44.9 Å². The molecule has 0 aromatic heterocycles. The first-order chi connectivity index (χ1) is 13.0. The first kappa shape index (κ1) is 21.5. The van der Waals surface area contributed by atoms with Gasteiger partial charge in [-0.05, 0) is 44.9 Å². The molecule has 6 heteroatoms. The van der Waals surface area contributed by atoms with E-state index in [2.05, 4.69) is 5.32 Å². The number of ether oxygens (including phenoxy) is 1. The van der Waals surface area contributed by atoms with Gasteiger partial charge in [-0.15, -0.1) is 0 Å². The summed E-state index contributed by atoms with van der Waals surface area (Å²) >= 11 is 0. The fraction of sp³-hybridized carbons (Fsp3) is 0.318. The third kappa shape index (κ3) is 6.44. The molecule has 0 heterocycles. The molecule has 3 nitrogen and oxygen atoms in total. The van der Waals surface area contributed by atoms with Crippen molar-refractivity contribution in [1.82, 2.24) is 5.32 Å². The maximum absolute atomic E-state index is 14.1. The van der Waals surface area contributed by atoms with Crippen molar-refractivity contribution >= 4 is 5.97 Å². The first-order valence-electron chi connectivity index (χ1n) is 8.93. The molecule has 0 bridgehead atoms. The summed E-state index contributed by atoms with van der Waals surface area (Å²) in [5.41, 5.74) is 0.511. The van der Waals surface area contributed by atoms with Crippen molar-refractivity contribution in [3.63, 3.8) is 0 Å². The number of rotatable bonds is 6. The van der Waals surface area contributed by atoms with Crippen molar-refractivity contribution in [2.24, 2.45) is 0 Å². The second-order valence-corrected chi connectivity index (χ2v) is 7.51. The molecule has 0 aliphatic heterocycles. The molecule has 1 atom stereocenters.